The lowest BCUT2D eigenvalue weighted by Crippen LogP contribution is -2.60. The van der Waals surface area contributed by atoms with Crippen molar-refractivity contribution < 1.29 is 48.0 Å². The van der Waals surface area contributed by atoms with E-state index in [1.807, 2.05) is 30.3 Å². The van der Waals surface area contributed by atoms with Crippen LogP contribution in [-0.2, 0) is 39.5 Å². The first kappa shape index (κ1) is 34.8. The fraction of sp³-hybridized carbons (Fsp3) is 0.577. The highest BCUT2D eigenvalue weighted by molar-refractivity contribution is 7.46. The first-order valence-electron chi connectivity index (χ1n) is 13.5. The van der Waals surface area contributed by atoms with Gasteiger partial charge in [0.1, 0.15) is 24.2 Å². The van der Waals surface area contributed by atoms with Crippen molar-refractivity contribution in [3.8, 4) is 0 Å². The van der Waals surface area contributed by atoms with Crippen LogP contribution in [0, 0.1) is 5.92 Å². The highest BCUT2D eigenvalue weighted by Crippen LogP contribution is 2.38. The standard InChI is InChI=1S/C26H40N5O10P/c1-14(2)20(26(36)37)29-24(34)21(16(4)41-42(38,39)40)30-22(32)15(3)28-23(33)19-11-8-12-31(19)25(35)18(27)13-17-9-6-5-7-10-17/h5-7,9-10,14-16,18-21H,8,11-13,27H2,1-4H3,(H,28,33)(H,29,34)(H,30,32)(H,36,37)(H2,38,39,40)/t15-,16+,18-,19-,20-,21-/m0/s1. The second-order valence-corrected chi connectivity index (χ2v) is 11.8. The fourth-order valence-electron chi connectivity index (χ4n) is 4.55. The maximum atomic E-state index is 13.1. The number of hydrogen-bond donors (Lipinski definition) is 7. The summed E-state index contributed by atoms with van der Waals surface area (Å²) in [4.78, 5) is 83.4. The van der Waals surface area contributed by atoms with Crippen molar-refractivity contribution in [2.45, 2.75) is 83.3 Å². The smallest absolute Gasteiger partial charge is 0.469 e. The summed E-state index contributed by atoms with van der Waals surface area (Å²) in [5.74, 6) is -4.93. The van der Waals surface area contributed by atoms with Crippen LogP contribution in [0.15, 0.2) is 30.3 Å². The minimum Gasteiger partial charge on any atom is -0.480 e. The van der Waals surface area contributed by atoms with E-state index in [1.165, 1.54) is 25.7 Å². The molecule has 1 fully saturated rings. The number of amides is 4. The van der Waals surface area contributed by atoms with Crippen LogP contribution < -0.4 is 21.7 Å². The molecule has 0 unspecified atom stereocenters. The van der Waals surface area contributed by atoms with Gasteiger partial charge < -0.3 is 41.5 Å². The Bertz CT molecular complexity index is 1180. The summed E-state index contributed by atoms with van der Waals surface area (Å²) in [7, 11) is -5.10. The number of nitrogens with two attached hydrogens (primary N) is 1. The van der Waals surface area contributed by atoms with E-state index in [4.69, 9.17) is 5.73 Å². The van der Waals surface area contributed by atoms with Gasteiger partial charge in [0.2, 0.25) is 23.6 Å². The van der Waals surface area contributed by atoms with Crippen molar-refractivity contribution in [2.75, 3.05) is 6.54 Å². The molecular formula is C26H40N5O10P. The van der Waals surface area contributed by atoms with Crippen molar-refractivity contribution in [1.29, 1.82) is 0 Å². The summed E-state index contributed by atoms with van der Waals surface area (Å²) in [5.41, 5.74) is 7.00. The van der Waals surface area contributed by atoms with Crippen LogP contribution in [0.1, 0.15) is 46.1 Å². The number of phosphoric acid groups is 1. The number of aliphatic carboxylic acids is 1. The average Bonchev–Trinajstić information content (AvgIpc) is 3.38. The van der Waals surface area contributed by atoms with Gasteiger partial charge in [0.25, 0.3) is 0 Å². The minimum absolute atomic E-state index is 0.279. The van der Waals surface area contributed by atoms with Crippen LogP contribution in [0.5, 0.6) is 0 Å². The van der Waals surface area contributed by atoms with Gasteiger partial charge in [-0.25, -0.2) is 9.36 Å². The number of nitrogens with one attached hydrogen (secondary N) is 3. The molecule has 1 aromatic rings. The van der Waals surface area contributed by atoms with Gasteiger partial charge in [0.15, 0.2) is 0 Å². The van der Waals surface area contributed by atoms with E-state index in [1.54, 1.807) is 0 Å². The molecular weight excluding hydrogens is 573 g/mol. The van der Waals surface area contributed by atoms with E-state index in [0.717, 1.165) is 12.5 Å². The van der Waals surface area contributed by atoms with Crippen molar-refractivity contribution >= 4 is 37.4 Å². The number of rotatable bonds is 14. The average molecular weight is 614 g/mol. The summed E-state index contributed by atoms with van der Waals surface area (Å²) in [6.45, 7) is 5.79. The molecule has 42 heavy (non-hydrogen) atoms. The maximum absolute atomic E-state index is 13.1. The molecule has 1 heterocycles. The molecule has 1 saturated heterocycles. The highest BCUT2D eigenvalue weighted by atomic mass is 31.2. The van der Waals surface area contributed by atoms with Gasteiger partial charge in [-0.05, 0) is 44.6 Å². The van der Waals surface area contributed by atoms with Crippen LogP contribution in [-0.4, -0.2) is 92.2 Å². The summed E-state index contributed by atoms with van der Waals surface area (Å²) in [6, 6.07) is 3.06. The normalized spacial score (nSPS) is 18.9. The number of carboxylic acid groups (broad SMARTS) is 1. The molecule has 4 amide bonds. The Balaban J connectivity index is 2.10. The lowest BCUT2D eigenvalue weighted by molar-refractivity contribution is -0.144. The molecule has 1 aliphatic rings. The lowest BCUT2D eigenvalue weighted by atomic mass is 10.0. The summed E-state index contributed by atoms with van der Waals surface area (Å²) >= 11 is 0. The molecule has 0 aliphatic carbocycles. The molecule has 1 aromatic carbocycles. The predicted octanol–water partition coefficient (Wildman–Crippen LogP) is -0.740. The number of phosphoric ester groups is 1. The van der Waals surface area contributed by atoms with Gasteiger partial charge in [-0.1, -0.05) is 44.2 Å². The second-order valence-electron chi connectivity index (χ2n) is 10.6. The molecule has 1 aliphatic heterocycles. The molecule has 2 rings (SSSR count). The Morgan fingerprint density at radius 1 is 1.00 bits per heavy atom. The molecule has 16 heteroatoms. The van der Waals surface area contributed by atoms with E-state index in [0.29, 0.717) is 19.4 Å². The highest BCUT2D eigenvalue weighted by Gasteiger charge is 2.39. The number of likely N-dealkylation sites (tertiary alicyclic amines) is 1. The van der Waals surface area contributed by atoms with Crippen LogP contribution in [0.4, 0.5) is 0 Å². The van der Waals surface area contributed by atoms with Crippen molar-refractivity contribution in [1.82, 2.24) is 20.9 Å². The molecule has 15 nitrogen and oxygen atoms in total. The predicted molar refractivity (Wildman–Crippen MR) is 149 cm³/mol. The largest absolute Gasteiger partial charge is 0.480 e. The third-order valence-electron chi connectivity index (χ3n) is 6.79. The summed E-state index contributed by atoms with van der Waals surface area (Å²) in [6.07, 6.45) is -0.425. The van der Waals surface area contributed by atoms with Gasteiger partial charge in [-0.15, -0.1) is 0 Å². The lowest BCUT2D eigenvalue weighted by Gasteiger charge is -2.29. The Kier molecular flexibility index (Phi) is 12.6. The third kappa shape index (κ3) is 10.2. The fourth-order valence-corrected chi connectivity index (χ4v) is 5.11. The number of carbonyl (C=O) groups excluding carboxylic acids is 4. The molecule has 234 valence electrons. The van der Waals surface area contributed by atoms with Gasteiger partial charge >= 0.3 is 13.8 Å². The van der Waals surface area contributed by atoms with Crippen LogP contribution in [0.25, 0.3) is 0 Å². The number of benzene rings is 1. The zero-order valence-electron chi connectivity index (χ0n) is 23.9. The molecule has 0 aromatic heterocycles. The zero-order chi connectivity index (χ0) is 31.8. The number of carbonyl (C=O) groups is 5. The van der Waals surface area contributed by atoms with Crippen LogP contribution >= 0.6 is 7.82 Å². The Morgan fingerprint density at radius 3 is 2.14 bits per heavy atom. The van der Waals surface area contributed by atoms with E-state index >= 15 is 0 Å². The quantitative estimate of drug-likeness (QED) is 0.129. The molecule has 0 saturated carbocycles. The van der Waals surface area contributed by atoms with E-state index < -0.39 is 79.7 Å². The van der Waals surface area contributed by atoms with E-state index in [-0.39, 0.29) is 6.42 Å². The van der Waals surface area contributed by atoms with E-state index in [2.05, 4.69) is 20.5 Å². The molecule has 0 bridgehead atoms. The van der Waals surface area contributed by atoms with E-state index in [9.17, 15) is 43.4 Å². The van der Waals surface area contributed by atoms with Crippen LogP contribution in [0.3, 0.4) is 0 Å². The topological polar surface area (TPSA) is 238 Å². The number of hydrogen-bond acceptors (Lipinski definition) is 8. The second kappa shape index (κ2) is 15.2. The van der Waals surface area contributed by atoms with Gasteiger partial charge in [0, 0.05) is 6.54 Å². The van der Waals surface area contributed by atoms with Gasteiger partial charge in [-0.3, -0.25) is 23.7 Å². The first-order chi connectivity index (χ1) is 19.5. The Labute approximate surface area is 243 Å². The Hall–Kier alpha value is -3.36. The SMILES string of the molecule is CC(C)[C@H](NC(=O)[C@@H](NC(=O)[C@H](C)NC(=O)[C@@H]1CCCN1C(=O)[C@@H](N)Cc1ccccc1)[C@@H](C)OP(=O)(O)O)C(=O)O. The van der Waals surface area contributed by atoms with Crippen LogP contribution in [0.2, 0.25) is 0 Å². The number of carboxylic acids is 1. The third-order valence-corrected chi connectivity index (χ3v) is 7.40. The van der Waals surface area contributed by atoms with Gasteiger partial charge in [0.05, 0.1) is 12.1 Å². The summed E-state index contributed by atoms with van der Waals surface area (Å²) in [5, 5.41) is 16.4. The summed E-state index contributed by atoms with van der Waals surface area (Å²) < 4.78 is 16.0. The van der Waals surface area contributed by atoms with Crippen molar-refractivity contribution in [3.05, 3.63) is 35.9 Å². The molecule has 6 atom stereocenters. The van der Waals surface area contributed by atoms with Gasteiger partial charge in [-0.2, -0.15) is 0 Å². The maximum Gasteiger partial charge on any atom is 0.469 e. The first-order valence-corrected chi connectivity index (χ1v) is 15.0. The monoisotopic (exact) mass is 613 g/mol. The molecule has 0 radical (unpaired) electrons. The van der Waals surface area contributed by atoms with Crippen molar-refractivity contribution in [2.24, 2.45) is 11.7 Å². The van der Waals surface area contributed by atoms with Crippen molar-refractivity contribution in [3.63, 3.8) is 0 Å². The number of nitrogens with zero attached hydrogens (tertiary/aromatic N) is 1. The molecule has 0 spiro atoms. The zero-order valence-corrected chi connectivity index (χ0v) is 24.8. The Morgan fingerprint density at radius 2 is 1.60 bits per heavy atom. The minimum atomic E-state index is -5.10. The molecule has 8 N–H and O–H groups in total.